The molecule has 0 aliphatic rings. The number of benzene rings is 2. The van der Waals surface area contributed by atoms with E-state index >= 15 is 0 Å². The highest BCUT2D eigenvalue weighted by atomic mass is 16.6. The van der Waals surface area contributed by atoms with Crippen molar-refractivity contribution in [2.75, 3.05) is 26.1 Å². The number of amides is 1. The van der Waals surface area contributed by atoms with Gasteiger partial charge in [-0.3, -0.25) is 14.9 Å². The lowest BCUT2D eigenvalue weighted by Crippen LogP contribution is -2.21. The number of nitrogens with one attached hydrogen (secondary N) is 1. The average Bonchev–Trinajstić information content (AvgIpc) is 2.66. The SMILES string of the molecule is COCc1cccc(C(=O)OCC(=O)Nc2ccc([N+](=O)[O-])cc2OC)c1. The van der Waals surface area contributed by atoms with E-state index in [-0.39, 0.29) is 17.1 Å². The Balaban J connectivity index is 1.97. The minimum absolute atomic E-state index is 0.121. The Morgan fingerprint density at radius 3 is 2.59 bits per heavy atom. The monoisotopic (exact) mass is 374 g/mol. The molecule has 0 bridgehead atoms. The number of esters is 1. The number of methoxy groups -OCH3 is 2. The first kappa shape index (κ1) is 19.9. The number of nitrogens with zero attached hydrogens (tertiary/aromatic N) is 1. The highest BCUT2D eigenvalue weighted by molar-refractivity contribution is 5.96. The molecule has 0 aromatic heterocycles. The summed E-state index contributed by atoms with van der Waals surface area (Å²) >= 11 is 0. The summed E-state index contributed by atoms with van der Waals surface area (Å²) in [5, 5.41) is 13.3. The molecule has 0 aliphatic heterocycles. The third-order valence-corrected chi connectivity index (χ3v) is 3.48. The average molecular weight is 374 g/mol. The van der Waals surface area contributed by atoms with Crippen LogP contribution in [0.1, 0.15) is 15.9 Å². The number of carbonyl (C=O) groups is 2. The van der Waals surface area contributed by atoms with Gasteiger partial charge in [-0.25, -0.2) is 4.79 Å². The van der Waals surface area contributed by atoms with Gasteiger partial charge in [-0.2, -0.15) is 0 Å². The minimum atomic E-state index is -0.654. The maximum absolute atomic E-state index is 12.1. The lowest BCUT2D eigenvalue weighted by atomic mass is 10.1. The van der Waals surface area contributed by atoms with Crippen LogP contribution in [0.2, 0.25) is 0 Å². The number of carbonyl (C=O) groups excluding carboxylic acids is 2. The van der Waals surface area contributed by atoms with E-state index in [1.54, 1.807) is 31.4 Å². The fraction of sp³-hybridized carbons (Fsp3) is 0.222. The number of nitro benzene ring substituents is 1. The summed E-state index contributed by atoms with van der Waals surface area (Å²) in [6, 6.07) is 10.4. The molecule has 1 amide bonds. The summed E-state index contributed by atoms with van der Waals surface area (Å²) in [6.07, 6.45) is 0. The number of anilines is 1. The van der Waals surface area contributed by atoms with Crippen molar-refractivity contribution in [3.05, 3.63) is 63.7 Å². The Bertz CT molecular complexity index is 851. The molecule has 27 heavy (non-hydrogen) atoms. The molecule has 142 valence electrons. The van der Waals surface area contributed by atoms with E-state index in [0.717, 1.165) is 5.56 Å². The van der Waals surface area contributed by atoms with Crippen LogP contribution in [0.4, 0.5) is 11.4 Å². The quantitative estimate of drug-likeness (QED) is 0.429. The van der Waals surface area contributed by atoms with Crippen molar-refractivity contribution in [2.24, 2.45) is 0 Å². The maximum Gasteiger partial charge on any atom is 0.338 e. The Morgan fingerprint density at radius 1 is 1.15 bits per heavy atom. The zero-order chi connectivity index (χ0) is 19.8. The number of ether oxygens (including phenoxy) is 3. The van der Waals surface area contributed by atoms with Gasteiger partial charge in [0.2, 0.25) is 0 Å². The molecule has 0 heterocycles. The van der Waals surface area contributed by atoms with Gasteiger partial charge in [0.1, 0.15) is 5.75 Å². The lowest BCUT2D eigenvalue weighted by molar-refractivity contribution is -0.384. The zero-order valence-electron chi connectivity index (χ0n) is 14.8. The van der Waals surface area contributed by atoms with Crippen LogP contribution in [-0.4, -0.2) is 37.6 Å². The minimum Gasteiger partial charge on any atom is -0.494 e. The summed E-state index contributed by atoms with van der Waals surface area (Å²) in [5.41, 5.74) is 1.15. The van der Waals surface area contributed by atoms with Crippen LogP contribution in [0, 0.1) is 10.1 Å². The van der Waals surface area contributed by atoms with Crippen molar-refractivity contribution >= 4 is 23.3 Å². The van der Waals surface area contributed by atoms with E-state index in [1.165, 1.54) is 25.3 Å². The predicted molar refractivity (Wildman–Crippen MR) is 95.7 cm³/mol. The van der Waals surface area contributed by atoms with E-state index in [0.29, 0.717) is 12.2 Å². The Kier molecular flexibility index (Phi) is 6.84. The van der Waals surface area contributed by atoms with Gasteiger partial charge in [0, 0.05) is 13.2 Å². The van der Waals surface area contributed by atoms with Gasteiger partial charge in [0.15, 0.2) is 6.61 Å². The number of rotatable bonds is 8. The standard InChI is InChI=1S/C18H18N2O7/c1-25-10-12-4-3-5-13(8-12)18(22)27-11-17(21)19-15-7-6-14(20(23)24)9-16(15)26-2/h3-9H,10-11H2,1-2H3,(H,19,21). The maximum atomic E-state index is 12.1. The largest absolute Gasteiger partial charge is 0.494 e. The Morgan fingerprint density at radius 2 is 1.93 bits per heavy atom. The first-order chi connectivity index (χ1) is 12.9. The van der Waals surface area contributed by atoms with E-state index in [9.17, 15) is 19.7 Å². The third kappa shape index (κ3) is 5.51. The summed E-state index contributed by atoms with van der Waals surface area (Å²) in [4.78, 5) is 34.3. The summed E-state index contributed by atoms with van der Waals surface area (Å²) in [7, 11) is 2.86. The molecule has 0 radical (unpaired) electrons. The van der Waals surface area contributed by atoms with E-state index in [4.69, 9.17) is 14.2 Å². The van der Waals surface area contributed by atoms with Crippen molar-refractivity contribution in [3.63, 3.8) is 0 Å². The van der Waals surface area contributed by atoms with Crippen LogP contribution in [0.5, 0.6) is 5.75 Å². The fourth-order valence-corrected chi connectivity index (χ4v) is 2.25. The second-order valence-electron chi connectivity index (χ2n) is 5.40. The summed E-state index contributed by atoms with van der Waals surface area (Å²) in [6.45, 7) is -0.172. The first-order valence-corrected chi connectivity index (χ1v) is 7.82. The smallest absolute Gasteiger partial charge is 0.338 e. The molecule has 0 saturated carbocycles. The molecule has 9 heteroatoms. The van der Waals surface area contributed by atoms with Crippen LogP contribution in [0.15, 0.2) is 42.5 Å². The van der Waals surface area contributed by atoms with Gasteiger partial charge >= 0.3 is 5.97 Å². The Labute approximate surface area is 155 Å². The van der Waals surface area contributed by atoms with Gasteiger partial charge in [-0.15, -0.1) is 0 Å². The first-order valence-electron chi connectivity index (χ1n) is 7.82. The molecule has 0 atom stereocenters. The van der Waals surface area contributed by atoms with E-state index in [2.05, 4.69) is 5.32 Å². The van der Waals surface area contributed by atoms with Crippen molar-refractivity contribution < 1.29 is 28.7 Å². The van der Waals surface area contributed by atoms with Crippen molar-refractivity contribution in [3.8, 4) is 5.75 Å². The highest BCUT2D eigenvalue weighted by Gasteiger charge is 2.15. The topological polar surface area (TPSA) is 117 Å². The van der Waals surface area contributed by atoms with Gasteiger partial charge < -0.3 is 19.5 Å². The third-order valence-electron chi connectivity index (χ3n) is 3.48. The van der Waals surface area contributed by atoms with E-state index in [1.807, 2.05) is 0 Å². The second-order valence-corrected chi connectivity index (χ2v) is 5.40. The molecular weight excluding hydrogens is 356 g/mol. The molecule has 0 aliphatic carbocycles. The second kappa shape index (κ2) is 9.30. The summed E-state index contributed by atoms with van der Waals surface area (Å²) in [5.74, 6) is -1.14. The zero-order valence-corrected chi connectivity index (χ0v) is 14.8. The van der Waals surface area contributed by atoms with Crippen molar-refractivity contribution in [1.29, 1.82) is 0 Å². The molecule has 9 nitrogen and oxygen atoms in total. The molecule has 0 saturated heterocycles. The fourth-order valence-electron chi connectivity index (χ4n) is 2.25. The van der Waals surface area contributed by atoms with Crippen molar-refractivity contribution in [2.45, 2.75) is 6.61 Å². The van der Waals surface area contributed by atoms with Gasteiger partial charge in [-0.1, -0.05) is 12.1 Å². The van der Waals surface area contributed by atoms with Crippen LogP contribution >= 0.6 is 0 Å². The van der Waals surface area contributed by atoms with Gasteiger partial charge in [0.25, 0.3) is 11.6 Å². The molecule has 0 spiro atoms. The number of hydrogen-bond donors (Lipinski definition) is 1. The number of non-ortho nitro benzene ring substituents is 1. The van der Waals surface area contributed by atoms with Crippen LogP contribution in [0.3, 0.4) is 0 Å². The molecule has 1 N–H and O–H groups in total. The molecule has 2 rings (SSSR count). The molecule has 2 aromatic carbocycles. The molecular formula is C18H18N2O7. The lowest BCUT2D eigenvalue weighted by Gasteiger charge is -2.10. The van der Waals surface area contributed by atoms with Crippen LogP contribution in [-0.2, 0) is 20.9 Å². The predicted octanol–water partition coefficient (Wildman–Crippen LogP) is 2.55. The van der Waals surface area contributed by atoms with E-state index < -0.39 is 23.4 Å². The molecule has 2 aromatic rings. The molecule has 0 fully saturated rings. The van der Waals surface area contributed by atoms with Crippen LogP contribution < -0.4 is 10.1 Å². The summed E-state index contributed by atoms with van der Waals surface area (Å²) < 4.78 is 15.0. The van der Waals surface area contributed by atoms with Crippen molar-refractivity contribution in [1.82, 2.24) is 0 Å². The molecule has 0 unspecified atom stereocenters. The van der Waals surface area contributed by atoms with Gasteiger partial charge in [-0.05, 0) is 23.8 Å². The normalized spacial score (nSPS) is 10.1. The van der Waals surface area contributed by atoms with Gasteiger partial charge in [0.05, 0.1) is 36.0 Å². The number of nitro groups is 1. The highest BCUT2D eigenvalue weighted by Crippen LogP contribution is 2.28. The van der Waals surface area contributed by atoms with Crippen LogP contribution in [0.25, 0.3) is 0 Å². The Hall–Kier alpha value is -3.46. The number of hydrogen-bond acceptors (Lipinski definition) is 7.